The standard InChI is InChI=1S/C19H15F4N5O2.ClH/c20-13-5-4-10(27-18(29)15-3-1-2-11(9-24)26-15)8-12(13)14-6-7-30-16(17(25)28-14)19(21,22)23;/h1-5,8,16-17H,6-7,25H2,(H,27,29);1H. The van der Waals surface area contributed by atoms with Crippen LogP contribution in [0.5, 0.6) is 0 Å². The molecule has 31 heavy (non-hydrogen) atoms. The zero-order valence-corrected chi connectivity index (χ0v) is 16.5. The lowest BCUT2D eigenvalue weighted by atomic mass is 10.1. The number of nitrogens with zero attached hydrogens (tertiary/aromatic N) is 3. The van der Waals surface area contributed by atoms with Crippen molar-refractivity contribution in [3.8, 4) is 6.07 Å². The quantitative estimate of drug-likeness (QED) is 0.687. The van der Waals surface area contributed by atoms with Crippen molar-refractivity contribution in [3.63, 3.8) is 0 Å². The fourth-order valence-electron chi connectivity index (χ4n) is 2.83. The third kappa shape index (κ3) is 5.75. The van der Waals surface area contributed by atoms with Crippen LogP contribution in [0.4, 0.5) is 23.2 Å². The molecule has 1 aliphatic rings. The van der Waals surface area contributed by atoms with Gasteiger partial charge < -0.3 is 15.8 Å². The topological polar surface area (TPSA) is 113 Å². The fraction of sp³-hybridized carbons (Fsp3) is 0.263. The van der Waals surface area contributed by atoms with Crippen LogP contribution in [0.1, 0.15) is 28.2 Å². The number of rotatable bonds is 3. The zero-order valence-electron chi connectivity index (χ0n) is 15.7. The number of aliphatic imine (C=N–C) groups is 1. The van der Waals surface area contributed by atoms with E-state index >= 15 is 0 Å². The van der Waals surface area contributed by atoms with E-state index in [1.165, 1.54) is 30.3 Å². The van der Waals surface area contributed by atoms with E-state index in [-0.39, 0.29) is 53.8 Å². The van der Waals surface area contributed by atoms with Crippen LogP contribution >= 0.6 is 12.4 Å². The second-order valence-corrected chi connectivity index (χ2v) is 6.32. The Bertz CT molecular complexity index is 1040. The lowest BCUT2D eigenvalue weighted by Gasteiger charge is -2.21. The summed E-state index contributed by atoms with van der Waals surface area (Å²) < 4.78 is 58.1. The van der Waals surface area contributed by atoms with E-state index in [4.69, 9.17) is 15.7 Å². The summed E-state index contributed by atoms with van der Waals surface area (Å²) in [4.78, 5) is 20.0. The first-order valence-corrected chi connectivity index (χ1v) is 8.68. The molecule has 0 bridgehead atoms. The van der Waals surface area contributed by atoms with Crippen LogP contribution in [-0.4, -0.2) is 41.7 Å². The number of hydrogen-bond donors (Lipinski definition) is 2. The molecule has 2 aromatic rings. The lowest BCUT2D eigenvalue weighted by Crippen LogP contribution is -2.45. The number of anilines is 1. The SMILES string of the molecule is Cl.N#Cc1cccc(C(=O)Nc2ccc(F)c(C3=NC(N)C(C(F)(F)F)OCC3)c2)n1. The zero-order chi connectivity index (χ0) is 21.9. The number of aromatic nitrogens is 1. The first kappa shape index (κ1) is 24.2. The van der Waals surface area contributed by atoms with Gasteiger partial charge in [-0.2, -0.15) is 18.4 Å². The van der Waals surface area contributed by atoms with E-state index in [0.29, 0.717) is 0 Å². The van der Waals surface area contributed by atoms with Gasteiger partial charge in [0.15, 0.2) is 6.10 Å². The van der Waals surface area contributed by atoms with Gasteiger partial charge in [-0.15, -0.1) is 12.4 Å². The highest BCUT2D eigenvalue weighted by molar-refractivity contribution is 6.05. The fourth-order valence-corrected chi connectivity index (χ4v) is 2.83. The second kappa shape index (κ2) is 9.82. The molecule has 2 atom stereocenters. The number of amides is 1. The first-order chi connectivity index (χ1) is 14.2. The number of nitrogens with two attached hydrogens (primary N) is 1. The second-order valence-electron chi connectivity index (χ2n) is 6.32. The van der Waals surface area contributed by atoms with E-state index in [2.05, 4.69) is 15.3 Å². The van der Waals surface area contributed by atoms with E-state index in [9.17, 15) is 22.4 Å². The molecule has 1 amide bonds. The Hall–Kier alpha value is -3.07. The summed E-state index contributed by atoms with van der Waals surface area (Å²) in [6, 6.07) is 9.67. The Balaban J connectivity index is 0.00000341. The van der Waals surface area contributed by atoms with Crippen molar-refractivity contribution in [1.29, 1.82) is 5.26 Å². The molecule has 0 radical (unpaired) electrons. The number of hydrogen-bond acceptors (Lipinski definition) is 6. The molecule has 2 heterocycles. The van der Waals surface area contributed by atoms with E-state index in [0.717, 1.165) is 6.07 Å². The highest BCUT2D eigenvalue weighted by atomic mass is 35.5. The van der Waals surface area contributed by atoms with Gasteiger partial charge in [0.1, 0.15) is 29.4 Å². The molecule has 1 aromatic heterocycles. The Morgan fingerprint density at radius 2 is 2.03 bits per heavy atom. The molecule has 0 fully saturated rings. The molecule has 0 spiro atoms. The van der Waals surface area contributed by atoms with Crippen molar-refractivity contribution in [3.05, 3.63) is 59.2 Å². The molecule has 7 nitrogen and oxygen atoms in total. The highest BCUT2D eigenvalue weighted by Gasteiger charge is 2.45. The molecule has 0 saturated carbocycles. The van der Waals surface area contributed by atoms with Crippen LogP contribution in [0.2, 0.25) is 0 Å². The maximum atomic E-state index is 14.4. The summed E-state index contributed by atoms with van der Waals surface area (Å²) in [5, 5.41) is 11.4. The molecule has 2 unspecified atom stereocenters. The number of nitrogens with one attached hydrogen (secondary N) is 1. The van der Waals surface area contributed by atoms with Crippen molar-refractivity contribution < 1.29 is 27.1 Å². The molecule has 1 aliphatic heterocycles. The van der Waals surface area contributed by atoms with Gasteiger partial charge in [-0.25, -0.2) is 9.37 Å². The van der Waals surface area contributed by atoms with E-state index in [1.807, 2.05) is 6.07 Å². The molecule has 3 rings (SSSR count). The van der Waals surface area contributed by atoms with E-state index in [1.54, 1.807) is 0 Å². The summed E-state index contributed by atoms with van der Waals surface area (Å²) in [5.41, 5.74) is 5.57. The largest absolute Gasteiger partial charge is 0.418 e. The molecule has 0 aliphatic carbocycles. The Labute approximate surface area is 180 Å². The van der Waals surface area contributed by atoms with Crippen LogP contribution in [0, 0.1) is 17.1 Å². The van der Waals surface area contributed by atoms with Gasteiger partial charge in [0.25, 0.3) is 5.91 Å². The van der Waals surface area contributed by atoms with E-state index < -0.39 is 30.2 Å². The Morgan fingerprint density at radius 1 is 1.29 bits per heavy atom. The smallest absolute Gasteiger partial charge is 0.365 e. The molecule has 3 N–H and O–H groups in total. The summed E-state index contributed by atoms with van der Waals surface area (Å²) in [7, 11) is 0. The van der Waals surface area contributed by atoms with Gasteiger partial charge in [0.2, 0.25) is 0 Å². The average molecular weight is 458 g/mol. The minimum Gasteiger partial charge on any atom is -0.365 e. The minimum absolute atomic E-state index is 0. The van der Waals surface area contributed by atoms with Crippen molar-refractivity contribution in [2.45, 2.75) is 24.9 Å². The third-order valence-electron chi connectivity index (χ3n) is 4.21. The van der Waals surface area contributed by atoms with Crippen molar-refractivity contribution >= 4 is 29.7 Å². The van der Waals surface area contributed by atoms with Crippen molar-refractivity contribution in [1.82, 2.24) is 4.98 Å². The molecule has 164 valence electrons. The van der Waals surface area contributed by atoms with Gasteiger partial charge in [-0.05, 0) is 30.3 Å². The predicted octanol–water partition coefficient (Wildman–Crippen LogP) is 3.19. The summed E-state index contributed by atoms with van der Waals surface area (Å²) in [6.45, 7) is -0.350. The van der Waals surface area contributed by atoms with Crippen LogP contribution in [0.25, 0.3) is 0 Å². The highest BCUT2D eigenvalue weighted by Crippen LogP contribution is 2.28. The minimum atomic E-state index is -4.71. The summed E-state index contributed by atoms with van der Waals surface area (Å²) in [5.74, 6) is -1.39. The number of benzene rings is 1. The first-order valence-electron chi connectivity index (χ1n) is 8.68. The molecule has 1 aromatic carbocycles. The molecule has 12 heteroatoms. The van der Waals surface area contributed by atoms with Crippen molar-refractivity contribution in [2.75, 3.05) is 11.9 Å². The molecular formula is C19H16ClF4N5O2. The van der Waals surface area contributed by atoms with Crippen LogP contribution in [0.15, 0.2) is 41.4 Å². The van der Waals surface area contributed by atoms with Gasteiger partial charge in [-0.3, -0.25) is 9.79 Å². The van der Waals surface area contributed by atoms with Crippen molar-refractivity contribution in [2.24, 2.45) is 10.7 Å². The number of nitriles is 1. The molecule has 0 saturated heterocycles. The molecular weight excluding hydrogens is 442 g/mol. The average Bonchev–Trinajstić information content (AvgIpc) is 2.90. The van der Waals surface area contributed by atoms with Gasteiger partial charge in [-0.1, -0.05) is 6.07 Å². The monoisotopic (exact) mass is 457 g/mol. The predicted molar refractivity (Wildman–Crippen MR) is 105 cm³/mol. The normalized spacial score (nSPS) is 18.8. The number of carbonyl (C=O) groups is 1. The summed E-state index contributed by atoms with van der Waals surface area (Å²) in [6.07, 6.45) is -8.85. The van der Waals surface area contributed by atoms with Crippen LogP contribution in [-0.2, 0) is 4.74 Å². The lowest BCUT2D eigenvalue weighted by molar-refractivity contribution is -0.224. The number of pyridine rings is 1. The van der Waals surface area contributed by atoms with Gasteiger partial charge >= 0.3 is 6.18 Å². The maximum Gasteiger partial charge on any atom is 0.418 e. The Kier molecular flexibility index (Phi) is 7.67. The van der Waals surface area contributed by atoms with Crippen LogP contribution in [0.3, 0.4) is 0 Å². The number of alkyl halides is 3. The van der Waals surface area contributed by atoms with Gasteiger partial charge in [0, 0.05) is 23.4 Å². The van der Waals surface area contributed by atoms with Crippen LogP contribution < -0.4 is 11.1 Å². The third-order valence-corrected chi connectivity index (χ3v) is 4.21. The summed E-state index contributed by atoms with van der Waals surface area (Å²) >= 11 is 0. The number of carbonyl (C=O) groups excluding carboxylic acids is 1. The number of halogens is 5. The maximum absolute atomic E-state index is 14.4. The Morgan fingerprint density at radius 3 is 2.71 bits per heavy atom. The number of ether oxygens (including phenoxy) is 1. The van der Waals surface area contributed by atoms with Gasteiger partial charge in [0.05, 0.1) is 6.61 Å².